The van der Waals surface area contributed by atoms with Gasteiger partial charge in [-0.25, -0.2) is 15.9 Å². The predicted octanol–water partition coefficient (Wildman–Crippen LogP) is 21.2. The fourth-order valence-corrected chi connectivity index (χ4v) is 14.7. The minimum absolute atomic E-state index is 0.120. The molecule has 1 heterocycles. The Labute approximate surface area is 510 Å². The first-order valence-corrected chi connectivity index (χ1v) is 35.9. The highest BCUT2D eigenvalue weighted by Crippen LogP contribution is 2.52. The zero-order chi connectivity index (χ0) is 61.3. The average molecular weight is 1190 g/mol. The molecule has 0 fully saturated rings. The van der Waals surface area contributed by atoms with Gasteiger partial charge in [-0.15, -0.1) is 0 Å². The minimum Gasteiger partial charge on any atom is -0.487 e. The largest absolute Gasteiger partial charge is 0.487 e. The summed E-state index contributed by atoms with van der Waals surface area (Å²) in [6.45, 7) is 47.8. The molecule has 0 spiro atoms. The van der Waals surface area contributed by atoms with Crippen LogP contribution in [0.1, 0.15) is 305 Å². The number of benzene rings is 1. The summed E-state index contributed by atoms with van der Waals surface area (Å²) in [5.74, 6) is 4.69. The van der Waals surface area contributed by atoms with Crippen LogP contribution in [0.3, 0.4) is 0 Å². The Morgan fingerprint density at radius 1 is 0.634 bits per heavy atom. The van der Waals surface area contributed by atoms with Gasteiger partial charge in [0.1, 0.15) is 23.7 Å². The van der Waals surface area contributed by atoms with Crippen molar-refractivity contribution in [2.24, 2.45) is 17.8 Å². The van der Waals surface area contributed by atoms with Crippen molar-refractivity contribution in [1.29, 1.82) is 5.26 Å². The Morgan fingerprint density at radius 3 is 1.66 bits per heavy atom. The van der Waals surface area contributed by atoms with E-state index >= 15 is 0 Å². The molecule has 1 aromatic carbocycles. The number of unbranched alkanes of at least 4 members (excludes halogenated alkanes) is 15. The Balaban J connectivity index is 0.000000830. The number of rotatable bonds is 48. The second kappa shape index (κ2) is 47.1. The van der Waals surface area contributed by atoms with E-state index in [9.17, 15) is 4.79 Å². The van der Waals surface area contributed by atoms with Gasteiger partial charge in [0, 0.05) is 42.7 Å². The Kier molecular flexibility index (Phi) is 44.7. The summed E-state index contributed by atoms with van der Waals surface area (Å²) in [4.78, 5) is 15.6. The first-order chi connectivity index (χ1) is 39.1. The van der Waals surface area contributed by atoms with Gasteiger partial charge in [0.2, 0.25) is 12.5 Å². The quantitative estimate of drug-likeness (QED) is 0.0387. The van der Waals surface area contributed by atoms with Gasteiger partial charge in [-0.2, -0.15) is 5.26 Å². The van der Waals surface area contributed by atoms with Crippen molar-refractivity contribution >= 4 is 23.0 Å². The number of ether oxygens (including phenoxy) is 1. The number of nitrogens with zero attached hydrogens (tertiary/aromatic N) is 4. The maximum Gasteiger partial charge on any atom is 0.321 e. The van der Waals surface area contributed by atoms with Gasteiger partial charge in [-0.05, 0) is 162 Å². The number of carbonyl (C=O) groups is 1. The highest BCUT2D eigenvalue weighted by molar-refractivity contribution is 7.45. The Hall–Kier alpha value is -2.07. The Morgan fingerprint density at radius 2 is 1.12 bits per heavy atom. The molecule has 13 heteroatoms. The molecule has 0 aliphatic carbocycles. The third kappa shape index (κ3) is 34.3. The molecule has 1 N–H and O–H groups in total. The van der Waals surface area contributed by atoms with Crippen molar-refractivity contribution in [2.45, 2.75) is 340 Å². The molecule has 0 aromatic heterocycles. The van der Waals surface area contributed by atoms with Gasteiger partial charge in [-0.3, -0.25) is 4.79 Å². The van der Waals surface area contributed by atoms with Gasteiger partial charge in [0.25, 0.3) is 8.53 Å². The summed E-state index contributed by atoms with van der Waals surface area (Å²) in [5.41, 5.74) is 4.65. The zero-order valence-electron chi connectivity index (χ0n) is 56.4. The van der Waals surface area contributed by atoms with E-state index in [-0.39, 0.29) is 23.6 Å². The van der Waals surface area contributed by atoms with E-state index < -0.39 is 17.1 Å². The van der Waals surface area contributed by atoms with Crippen LogP contribution in [0.4, 0.5) is 0 Å². The standard InChI is InChI=1S/C38H67N2O3P.C31H62N3O3P/c1-27(2)17-14-18-30(7)19-15-20-31(8)21-16-23-38(12)24-22-35-34(11)36(32(9)33(10)37(35)42-38)43-44(41-26-25-39-13)40(28(3)4)29(5)6;1-6-7-8-9-10-11-12-13-14-15-16-17-20-24-31(35)33-26-21-18-19-22-27-36-38(37-28-23-25-32)34(29(2)3)30(4)5/h27-31H,14-26H2,1-12H3;29-30H,6-24,26-28H2,1-5H3,(H,33,35)/t30-,31-,38-,44?;/m1./s1. The molecule has 82 heavy (non-hydrogen) atoms. The minimum atomic E-state index is -1.35. The monoisotopic (exact) mass is 1190 g/mol. The van der Waals surface area contributed by atoms with E-state index in [1.54, 1.807) is 0 Å². The van der Waals surface area contributed by atoms with E-state index in [1.165, 1.54) is 145 Å². The van der Waals surface area contributed by atoms with Crippen LogP contribution in [0.5, 0.6) is 11.5 Å². The van der Waals surface area contributed by atoms with Crippen LogP contribution in [0.15, 0.2) is 0 Å². The molecule has 1 aromatic rings. The summed E-state index contributed by atoms with van der Waals surface area (Å²) < 4.78 is 36.5. The lowest BCUT2D eigenvalue weighted by Crippen LogP contribution is -2.37. The summed E-state index contributed by atoms with van der Waals surface area (Å²) in [6.07, 6.45) is 36.5. The molecule has 1 aliphatic rings. The summed E-state index contributed by atoms with van der Waals surface area (Å²) in [5, 5.41) is 11.9. The van der Waals surface area contributed by atoms with E-state index in [1.807, 2.05) is 0 Å². The summed E-state index contributed by atoms with van der Waals surface area (Å²) >= 11 is 0. The fourth-order valence-electron chi connectivity index (χ4n) is 11.4. The van der Waals surface area contributed by atoms with E-state index in [2.05, 4.69) is 143 Å². The molecule has 2 rings (SSSR count). The first-order valence-electron chi connectivity index (χ1n) is 33.7. The lowest BCUT2D eigenvalue weighted by Gasteiger charge is -2.39. The molecule has 5 atom stereocenters. The molecule has 0 saturated heterocycles. The normalized spacial score (nSPS) is 15.8. The molecule has 476 valence electrons. The van der Waals surface area contributed by atoms with Crippen molar-refractivity contribution < 1.29 is 27.6 Å². The number of carbonyl (C=O) groups excluding carboxylic acids is 1. The molecular formula is C69H129N5O6P2. The van der Waals surface area contributed by atoms with Crippen LogP contribution in [0.25, 0.3) is 4.85 Å². The number of hydrogen-bond acceptors (Lipinski definition) is 9. The second-order valence-electron chi connectivity index (χ2n) is 26.2. The lowest BCUT2D eigenvalue weighted by atomic mass is 9.84. The number of amides is 1. The summed E-state index contributed by atoms with van der Waals surface area (Å²) in [6, 6.07) is 3.32. The summed E-state index contributed by atoms with van der Waals surface area (Å²) in [7, 11) is -2.49. The molecule has 0 radical (unpaired) electrons. The van der Waals surface area contributed by atoms with Crippen molar-refractivity contribution in [3.8, 4) is 17.6 Å². The molecule has 2 unspecified atom stereocenters. The molecule has 11 nitrogen and oxygen atoms in total. The second-order valence-corrected chi connectivity index (χ2v) is 29.0. The molecular weight excluding hydrogens is 1060 g/mol. The Bertz CT molecular complexity index is 1850. The predicted molar refractivity (Wildman–Crippen MR) is 353 cm³/mol. The van der Waals surface area contributed by atoms with Gasteiger partial charge in [-0.1, -0.05) is 169 Å². The number of nitriles is 1. The number of nitrogens with one attached hydrogen (secondary N) is 1. The smallest absolute Gasteiger partial charge is 0.321 e. The van der Waals surface area contributed by atoms with Crippen molar-refractivity contribution in [2.75, 3.05) is 32.9 Å². The van der Waals surface area contributed by atoms with Crippen LogP contribution in [0.2, 0.25) is 0 Å². The maximum atomic E-state index is 12.1. The van der Waals surface area contributed by atoms with Crippen LogP contribution in [-0.4, -0.2) is 77.9 Å². The van der Waals surface area contributed by atoms with Crippen molar-refractivity contribution in [3.63, 3.8) is 0 Å². The lowest BCUT2D eigenvalue weighted by molar-refractivity contribution is -0.121. The van der Waals surface area contributed by atoms with Crippen molar-refractivity contribution in [1.82, 2.24) is 14.7 Å². The van der Waals surface area contributed by atoms with Crippen molar-refractivity contribution in [3.05, 3.63) is 33.7 Å². The molecule has 1 amide bonds. The highest BCUT2D eigenvalue weighted by Gasteiger charge is 2.37. The van der Waals surface area contributed by atoms with Gasteiger partial charge >= 0.3 is 8.53 Å². The zero-order valence-corrected chi connectivity index (χ0v) is 58.2. The van der Waals surface area contributed by atoms with Crippen LogP contribution in [0, 0.1) is 56.4 Å². The topological polar surface area (TPSA) is 110 Å². The van der Waals surface area contributed by atoms with E-state index in [4.69, 9.17) is 34.7 Å². The van der Waals surface area contributed by atoms with E-state index in [0.29, 0.717) is 51.3 Å². The SMILES string of the molecule is CCCCCCCCCCCCCCCC(=O)NCCCCCCOP(OCCC#N)N(C(C)C)C(C)C.[C-]#[N+]CCOP(Oc1c(C)c(C)c2c(c1C)CC[C@@](C)(CCC[C@H](C)CCC[C@H](C)CCCC(C)C)O2)N(C(C)C)C(C)C. The van der Waals surface area contributed by atoms with E-state index in [0.717, 1.165) is 92.7 Å². The average Bonchev–Trinajstić information content (AvgIpc) is 3.32. The van der Waals surface area contributed by atoms with Gasteiger partial charge in [0.15, 0.2) is 0 Å². The van der Waals surface area contributed by atoms with Gasteiger partial charge < -0.3 is 33.0 Å². The fraction of sp³-hybridized carbons (Fsp3) is 0.870. The number of hydrogen-bond donors (Lipinski definition) is 1. The third-order valence-corrected chi connectivity index (χ3v) is 20.6. The number of fused-ring (bicyclic) bond motifs is 1. The maximum absolute atomic E-state index is 12.1. The molecule has 0 bridgehead atoms. The van der Waals surface area contributed by atoms with Crippen LogP contribution >= 0.6 is 17.1 Å². The van der Waals surface area contributed by atoms with Gasteiger partial charge in [0.05, 0.1) is 25.7 Å². The molecule has 0 saturated carbocycles. The molecule has 1 aliphatic heterocycles. The third-order valence-electron chi connectivity index (χ3n) is 16.4. The first kappa shape index (κ1) is 77.9. The highest BCUT2D eigenvalue weighted by atomic mass is 31.2. The van der Waals surface area contributed by atoms with Crippen LogP contribution in [-0.2, 0) is 24.8 Å². The van der Waals surface area contributed by atoms with Crippen LogP contribution < -0.4 is 14.6 Å².